The minimum absolute atomic E-state index is 0.00777. The van der Waals surface area contributed by atoms with E-state index in [1.54, 1.807) is 12.1 Å². The van der Waals surface area contributed by atoms with Gasteiger partial charge < -0.3 is 9.47 Å². The summed E-state index contributed by atoms with van der Waals surface area (Å²) in [4.78, 5) is 23.1. The second kappa shape index (κ2) is 8.05. The predicted molar refractivity (Wildman–Crippen MR) is 76.4 cm³/mol. The molecule has 0 fully saturated rings. The smallest absolute Gasteiger partial charge is 0.311 e. The first kappa shape index (κ1) is 16.7. The maximum absolute atomic E-state index is 11.6. The van der Waals surface area contributed by atoms with Gasteiger partial charge in [-0.1, -0.05) is 13.8 Å². The van der Waals surface area contributed by atoms with Crippen LogP contribution in [-0.2, 0) is 14.3 Å². The highest BCUT2D eigenvalue weighted by molar-refractivity contribution is 5.79. The van der Waals surface area contributed by atoms with Crippen molar-refractivity contribution in [2.75, 3.05) is 0 Å². The highest BCUT2D eigenvalue weighted by atomic mass is 16.5. The van der Waals surface area contributed by atoms with Crippen LogP contribution >= 0.6 is 0 Å². The third-order valence-corrected chi connectivity index (χ3v) is 3.00. The number of hydrogen-bond acceptors (Lipinski definition) is 5. The Morgan fingerprint density at radius 3 is 2.19 bits per heavy atom. The van der Waals surface area contributed by atoms with E-state index in [1.807, 2.05) is 26.8 Å². The molecule has 0 spiro atoms. The van der Waals surface area contributed by atoms with Gasteiger partial charge in [0.2, 0.25) is 0 Å². The Morgan fingerprint density at radius 1 is 1.10 bits per heavy atom. The fraction of sp³-hybridized carbons (Fsp3) is 0.438. The van der Waals surface area contributed by atoms with Crippen LogP contribution in [0.1, 0.15) is 39.2 Å². The molecule has 0 saturated carbocycles. The quantitative estimate of drug-likeness (QED) is 0.594. The molecule has 0 aromatic heterocycles. The Kier molecular flexibility index (Phi) is 6.41. The van der Waals surface area contributed by atoms with Crippen molar-refractivity contribution in [1.82, 2.24) is 0 Å². The largest absolute Gasteiger partial charge is 0.462 e. The predicted octanol–water partition coefficient (Wildman–Crippen LogP) is 2.83. The van der Waals surface area contributed by atoms with Crippen molar-refractivity contribution in [1.29, 1.82) is 5.26 Å². The summed E-state index contributed by atoms with van der Waals surface area (Å²) in [5.74, 6) is -0.329. The average molecular weight is 289 g/mol. The molecule has 112 valence electrons. The van der Waals surface area contributed by atoms with Crippen molar-refractivity contribution < 1.29 is 19.1 Å². The molecule has 0 amide bonds. The molecule has 0 radical (unpaired) electrons. The number of carbonyl (C=O) groups excluding carboxylic acids is 2. The highest BCUT2D eigenvalue weighted by Crippen LogP contribution is 2.13. The number of ether oxygens (including phenoxy) is 2. The first-order valence-corrected chi connectivity index (χ1v) is 6.82. The second-order valence-electron chi connectivity index (χ2n) is 5.05. The van der Waals surface area contributed by atoms with Crippen molar-refractivity contribution in [2.24, 2.45) is 5.92 Å². The summed E-state index contributed by atoms with van der Waals surface area (Å²) in [5, 5.41) is 8.66. The zero-order valence-corrected chi connectivity index (χ0v) is 12.5. The van der Waals surface area contributed by atoms with E-state index in [0.29, 0.717) is 11.3 Å². The van der Waals surface area contributed by atoms with Crippen molar-refractivity contribution in [3.05, 3.63) is 29.8 Å². The van der Waals surface area contributed by atoms with Gasteiger partial charge >= 0.3 is 11.9 Å². The van der Waals surface area contributed by atoms with E-state index in [4.69, 9.17) is 14.7 Å². The maximum Gasteiger partial charge on any atom is 0.311 e. The van der Waals surface area contributed by atoms with Crippen LogP contribution in [-0.4, -0.2) is 18.0 Å². The monoisotopic (exact) mass is 289 g/mol. The van der Waals surface area contributed by atoms with E-state index in [1.165, 1.54) is 12.1 Å². The third kappa shape index (κ3) is 6.09. The van der Waals surface area contributed by atoms with E-state index < -0.39 is 11.9 Å². The average Bonchev–Trinajstić information content (AvgIpc) is 2.45. The molecular weight excluding hydrogens is 270 g/mol. The summed E-state index contributed by atoms with van der Waals surface area (Å²) in [5.41, 5.74) is 0.487. The summed E-state index contributed by atoms with van der Waals surface area (Å²) in [7, 11) is 0. The topological polar surface area (TPSA) is 76.4 Å². The van der Waals surface area contributed by atoms with E-state index >= 15 is 0 Å². The van der Waals surface area contributed by atoms with Gasteiger partial charge in [0.25, 0.3) is 0 Å². The van der Waals surface area contributed by atoms with Crippen LogP contribution in [0.4, 0.5) is 0 Å². The fourth-order valence-corrected chi connectivity index (χ4v) is 1.39. The molecule has 0 heterocycles. The van der Waals surface area contributed by atoms with Crippen LogP contribution < -0.4 is 4.74 Å². The Bertz CT molecular complexity index is 528. The highest BCUT2D eigenvalue weighted by Gasteiger charge is 2.15. The summed E-state index contributed by atoms with van der Waals surface area (Å²) in [6.45, 7) is 5.73. The van der Waals surface area contributed by atoms with Gasteiger partial charge in [-0.05, 0) is 37.1 Å². The minimum atomic E-state index is -0.506. The van der Waals surface area contributed by atoms with Crippen molar-refractivity contribution in [3.63, 3.8) is 0 Å². The Morgan fingerprint density at radius 2 is 1.67 bits per heavy atom. The molecule has 0 aliphatic carbocycles. The molecule has 0 bridgehead atoms. The van der Waals surface area contributed by atoms with Gasteiger partial charge in [0.1, 0.15) is 11.9 Å². The van der Waals surface area contributed by atoms with Gasteiger partial charge in [0.05, 0.1) is 24.5 Å². The molecule has 0 N–H and O–H groups in total. The van der Waals surface area contributed by atoms with E-state index in [-0.39, 0.29) is 24.9 Å². The summed E-state index contributed by atoms with van der Waals surface area (Å²) in [6, 6.07) is 8.16. The van der Waals surface area contributed by atoms with Crippen molar-refractivity contribution in [3.8, 4) is 11.8 Å². The number of esters is 2. The third-order valence-electron chi connectivity index (χ3n) is 3.00. The van der Waals surface area contributed by atoms with Crippen molar-refractivity contribution >= 4 is 11.9 Å². The van der Waals surface area contributed by atoms with Crippen molar-refractivity contribution in [2.45, 2.75) is 39.7 Å². The molecule has 21 heavy (non-hydrogen) atoms. The standard InChI is InChI=1S/C16H19NO4/c1-11(2)12(3)20-15(18)8-9-16(19)21-14-6-4-13(10-17)5-7-14/h4-7,11-12H,8-9H2,1-3H3. The minimum Gasteiger partial charge on any atom is -0.462 e. The zero-order chi connectivity index (χ0) is 15.8. The normalized spacial score (nSPS) is 11.6. The first-order chi connectivity index (χ1) is 9.92. The van der Waals surface area contributed by atoms with Crippen LogP contribution in [0.15, 0.2) is 24.3 Å². The zero-order valence-electron chi connectivity index (χ0n) is 12.5. The van der Waals surface area contributed by atoms with Crippen LogP contribution in [0.5, 0.6) is 5.75 Å². The number of benzene rings is 1. The molecular formula is C16H19NO4. The summed E-state index contributed by atoms with van der Waals surface area (Å²) < 4.78 is 10.2. The molecule has 0 saturated heterocycles. The fourth-order valence-electron chi connectivity index (χ4n) is 1.39. The van der Waals surface area contributed by atoms with Crippen LogP contribution in [0, 0.1) is 17.2 Å². The van der Waals surface area contributed by atoms with Gasteiger partial charge in [-0.3, -0.25) is 9.59 Å². The van der Waals surface area contributed by atoms with E-state index in [0.717, 1.165) is 0 Å². The van der Waals surface area contributed by atoms with Crippen LogP contribution in [0.25, 0.3) is 0 Å². The molecule has 0 aliphatic heterocycles. The molecule has 0 aliphatic rings. The van der Waals surface area contributed by atoms with Crippen LogP contribution in [0.3, 0.4) is 0 Å². The summed E-state index contributed by atoms with van der Waals surface area (Å²) >= 11 is 0. The number of nitriles is 1. The molecule has 1 aromatic carbocycles. The van der Waals surface area contributed by atoms with Gasteiger partial charge in [0, 0.05) is 0 Å². The number of carbonyl (C=O) groups is 2. The van der Waals surface area contributed by atoms with Gasteiger partial charge in [-0.15, -0.1) is 0 Å². The Hall–Kier alpha value is -2.35. The number of rotatable bonds is 6. The summed E-state index contributed by atoms with van der Waals surface area (Å²) in [6.07, 6.45) is -0.220. The first-order valence-electron chi connectivity index (χ1n) is 6.82. The molecule has 5 nitrogen and oxygen atoms in total. The maximum atomic E-state index is 11.6. The van der Waals surface area contributed by atoms with Gasteiger partial charge in [-0.25, -0.2) is 0 Å². The lowest BCUT2D eigenvalue weighted by Gasteiger charge is -2.16. The molecule has 1 rings (SSSR count). The lowest BCUT2D eigenvalue weighted by Crippen LogP contribution is -2.21. The molecule has 1 atom stereocenters. The number of hydrogen-bond donors (Lipinski definition) is 0. The molecule has 5 heteroatoms. The lowest BCUT2D eigenvalue weighted by molar-refractivity contribution is -0.152. The van der Waals surface area contributed by atoms with Crippen LogP contribution in [0.2, 0.25) is 0 Å². The Balaban J connectivity index is 2.37. The van der Waals surface area contributed by atoms with Gasteiger partial charge in [0.15, 0.2) is 0 Å². The number of nitrogens with zero attached hydrogens (tertiary/aromatic N) is 1. The van der Waals surface area contributed by atoms with E-state index in [9.17, 15) is 9.59 Å². The molecule has 1 aromatic rings. The van der Waals surface area contributed by atoms with E-state index in [2.05, 4.69) is 0 Å². The Labute approximate surface area is 124 Å². The molecule has 1 unspecified atom stereocenters. The lowest BCUT2D eigenvalue weighted by atomic mass is 10.1. The van der Waals surface area contributed by atoms with Gasteiger partial charge in [-0.2, -0.15) is 5.26 Å². The second-order valence-corrected chi connectivity index (χ2v) is 5.05. The SMILES string of the molecule is CC(C)C(C)OC(=O)CCC(=O)Oc1ccc(C#N)cc1.